The van der Waals surface area contributed by atoms with Crippen molar-refractivity contribution in [3.63, 3.8) is 0 Å². The van der Waals surface area contributed by atoms with Crippen LogP contribution in [-0.2, 0) is 6.54 Å². The van der Waals surface area contributed by atoms with E-state index >= 15 is 0 Å². The van der Waals surface area contributed by atoms with E-state index in [2.05, 4.69) is 4.98 Å². The lowest BCUT2D eigenvalue weighted by molar-refractivity contribution is -0.689. The number of halogens is 3. The molecule has 1 aromatic heterocycles. The van der Waals surface area contributed by atoms with Gasteiger partial charge in [-0.2, -0.15) is 4.57 Å². The summed E-state index contributed by atoms with van der Waals surface area (Å²) in [6, 6.07) is 10.00. The third kappa shape index (κ3) is 4.33. The van der Waals surface area contributed by atoms with E-state index < -0.39 is 3.98 Å². The minimum atomic E-state index is -1.81. The van der Waals surface area contributed by atoms with E-state index in [0.717, 1.165) is 5.56 Å². The van der Waals surface area contributed by atoms with Gasteiger partial charge in [0.2, 0.25) is 6.20 Å². The molecule has 0 N–H and O–H groups in total. The van der Waals surface area contributed by atoms with Crippen LogP contribution >= 0.6 is 34.8 Å². The molecule has 0 atom stereocenters. The Labute approximate surface area is 120 Å². The van der Waals surface area contributed by atoms with Gasteiger partial charge < -0.3 is 4.74 Å². The quantitative estimate of drug-likeness (QED) is 0.643. The third-order valence-corrected chi connectivity index (χ3v) is 2.40. The SMILES string of the molecule is ClC(Cl)(Cl)Oc1c[n+](Cc2ccccc2)ccn1. The van der Waals surface area contributed by atoms with E-state index in [1.807, 2.05) is 41.1 Å². The zero-order valence-electron chi connectivity index (χ0n) is 9.26. The molecule has 2 rings (SSSR count). The van der Waals surface area contributed by atoms with Gasteiger partial charge in [-0.1, -0.05) is 30.3 Å². The van der Waals surface area contributed by atoms with Crippen LogP contribution in [0.2, 0.25) is 0 Å². The molecule has 94 valence electrons. The van der Waals surface area contributed by atoms with Crippen molar-refractivity contribution in [3.8, 4) is 5.88 Å². The van der Waals surface area contributed by atoms with Gasteiger partial charge in [-0.25, -0.2) is 4.98 Å². The van der Waals surface area contributed by atoms with Crippen molar-refractivity contribution in [1.82, 2.24) is 4.98 Å². The van der Waals surface area contributed by atoms with Crippen LogP contribution < -0.4 is 9.30 Å². The number of benzene rings is 1. The van der Waals surface area contributed by atoms with E-state index in [1.54, 1.807) is 12.4 Å². The summed E-state index contributed by atoms with van der Waals surface area (Å²) < 4.78 is 5.13. The first-order valence-corrected chi connectivity index (χ1v) is 6.31. The molecule has 0 aliphatic rings. The second-order valence-corrected chi connectivity index (χ2v) is 5.78. The van der Waals surface area contributed by atoms with Crippen LogP contribution in [-0.4, -0.2) is 8.96 Å². The first-order valence-electron chi connectivity index (χ1n) is 5.18. The van der Waals surface area contributed by atoms with E-state index in [4.69, 9.17) is 39.5 Å². The highest BCUT2D eigenvalue weighted by Crippen LogP contribution is 2.28. The van der Waals surface area contributed by atoms with Gasteiger partial charge in [-0.3, -0.25) is 0 Å². The lowest BCUT2D eigenvalue weighted by Crippen LogP contribution is -2.34. The molecule has 0 unspecified atom stereocenters. The minimum Gasteiger partial charge on any atom is -0.423 e. The fraction of sp³-hybridized carbons (Fsp3) is 0.167. The van der Waals surface area contributed by atoms with Gasteiger partial charge in [0.05, 0.1) is 6.20 Å². The van der Waals surface area contributed by atoms with Crippen LogP contribution in [0.15, 0.2) is 48.9 Å². The summed E-state index contributed by atoms with van der Waals surface area (Å²) in [6.45, 7) is 0.694. The van der Waals surface area contributed by atoms with Crippen molar-refractivity contribution in [1.29, 1.82) is 0 Å². The Morgan fingerprint density at radius 3 is 2.56 bits per heavy atom. The fourth-order valence-electron chi connectivity index (χ4n) is 1.47. The minimum absolute atomic E-state index is 0.258. The molecule has 3 nitrogen and oxygen atoms in total. The Hall–Kier alpha value is -1.03. The van der Waals surface area contributed by atoms with Gasteiger partial charge >= 0.3 is 3.98 Å². The number of alkyl halides is 3. The van der Waals surface area contributed by atoms with Crippen LogP contribution in [0.25, 0.3) is 0 Å². The summed E-state index contributed by atoms with van der Waals surface area (Å²) >= 11 is 16.6. The molecular weight excluding hydrogens is 295 g/mol. The molecule has 18 heavy (non-hydrogen) atoms. The number of ether oxygens (including phenoxy) is 1. The van der Waals surface area contributed by atoms with Gasteiger partial charge in [-0.15, -0.1) is 0 Å². The summed E-state index contributed by atoms with van der Waals surface area (Å²) in [6.07, 6.45) is 5.09. The maximum atomic E-state index is 5.54. The normalized spacial score (nSPS) is 11.3. The zero-order valence-corrected chi connectivity index (χ0v) is 11.5. The topological polar surface area (TPSA) is 26.0 Å². The molecule has 0 aliphatic carbocycles. The zero-order chi connectivity index (χ0) is 13.0. The molecule has 0 spiro atoms. The Bertz CT molecular complexity index is 514. The molecule has 0 radical (unpaired) electrons. The molecular formula is C12H10Cl3N2O+. The molecule has 0 fully saturated rings. The second kappa shape index (κ2) is 5.74. The third-order valence-electron chi connectivity index (χ3n) is 2.16. The van der Waals surface area contributed by atoms with E-state index in [0.29, 0.717) is 6.54 Å². The monoisotopic (exact) mass is 303 g/mol. The van der Waals surface area contributed by atoms with Gasteiger partial charge in [0.15, 0.2) is 12.7 Å². The summed E-state index contributed by atoms with van der Waals surface area (Å²) in [5.41, 5.74) is 1.16. The van der Waals surface area contributed by atoms with Crippen molar-refractivity contribution in [2.75, 3.05) is 0 Å². The molecule has 0 aliphatic heterocycles. The van der Waals surface area contributed by atoms with Gasteiger partial charge in [0.25, 0.3) is 5.88 Å². The lowest BCUT2D eigenvalue weighted by Gasteiger charge is -2.10. The van der Waals surface area contributed by atoms with Crippen LogP contribution in [0.5, 0.6) is 5.88 Å². The van der Waals surface area contributed by atoms with Crippen molar-refractivity contribution in [3.05, 3.63) is 54.5 Å². The summed E-state index contributed by atoms with van der Waals surface area (Å²) in [4.78, 5) is 3.97. The van der Waals surface area contributed by atoms with E-state index in [-0.39, 0.29) is 5.88 Å². The van der Waals surface area contributed by atoms with Crippen LogP contribution in [0.4, 0.5) is 0 Å². The summed E-state index contributed by atoms with van der Waals surface area (Å²) in [5.74, 6) is 0.258. The number of hydrogen-bond donors (Lipinski definition) is 0. The van der Waals surface area contributed by atoms with E-state index in [1.165, 1.54) is 0 Å². The standard InChI is InChI=1S/C12H10Cl3N2O/c13-12(14,15)18-11-9-17(7-6-16-11)8-10-4-2-1-3-5-10/h1-7,9H,8H2/q+1. The lowest BCUT2D eigenvalue weighted by atomic mass is 10.2. The Morgan fingerprint density at radius 2 is 1.89 bits per heavy atom. The van der Waals surface area contributed by atoms with Crippen molar-refractivity contribution in [2.24, 2.45) is 0 Å². The predicted molar refractivity (Wildman–Crippen MR) is 70.9 cm³/mol. The number of hydrogen-bond acceptors (Lipinski definition) is 2. The number of nitrogens with zero attached hydrogens (tertiary/aromatic N) is 2. The molecule has 0 saturated heterocycles. The Balaban J connectivity index is 2.13. The smallest absolute Gasteiger partial charge is 0.340 e. The molecule has 6 heteroatoms. The first kappa shape index (κ1) is 13.4. The average molecular weight is 305 g/mol. The molecule has 1 heterocycles. The predicted octanol–water partition coefficient (Wildman–Crippen LogP) is 3.12. The largest absolute Gasteiger partial charge is 0.423 e. The molecule has 2 aromatic rings. The maximum absolute atomic E-state index is 5.54. The molecule has 0 saturated carbocycles. The van der Waals surface area contributed by atoms with Crippen molar-refractivity contribution >= 4 is 34.8 Å². The molecule has 0 bridgehead atoms. The van der Waals surface area contributed by atoms with Crippen molar-refractivity contribution < 1.29 is 9.30 Å². The average Bonchev–Trinajstić information content (AvgIpc) is 2.28. The first-order chi connectivity index (χ1) is 8.53. The van der Waals surface area contributed by atoms with Gasteiger partial charge in [-0.05, 0) is 34.8 Å². The van der Waals surface area contributed by atoms with Crippen LogP contribution in [0, 0.1) is 0 Å². The van der Waals surface area contributed by atoms with Gasteiger partial charge in [0, 0.05) is 5.56 Å². The highest BCUT2D eigenvalue weighted by atomic mass is 35.6. The molecule has 0 amide bonds. The highest BCUT2D eigenvalue weighted by molar-refractivity contribution is 6.66. The van der Waals surface area contributed by atoms with Crippen molar-refractivity contribution in [2.45, 2.75) is 10.5 Å². The highest BCUT2D eigenvalue weighted by Gasteiger charge is 2.23. The van der Waals surface area contributed by atoms with Crippen LogP contribution in [0.3, 0.4) is 0 Å². The summed E-state index contributed by atoms with van der Waals surface area (Å²) in [7, 11) is 0. The van der Waals surface area contributed by atoms with E-state index in [9.17, 15) is 0 Å². The second-order valence-electron chi connectivity index (χ2n) is 3.60. The Kier molecular flexibility index (Phi) is 4.27. The van der Waals surface area contributed by atoms with Gasteiger partial charge in [0.1, 0.15) is 0 Å². The fourth-order valence-corrected chi connectivity index (χ4v) is 1.71. The van der Waals surface area contributed by atoms with Crippen LogP contribution in [0.1, 0.15) is 5.56 Å². The maximum Gasteiger partial charge on any atom is 0.340 e. The summed E-state index contributed by atoms with van der Waals surface area (Å²) in [5, 5.41) is 0. The Morgan fingerprint density at radius 1 is 1.17 bits per heavy atom. The number of aromatic nitrogens is 2. The number of rotatable bonds is 3. The molecule has 1 aromatic carbocycles.